The minimum atomic E-state index is -2.04. The van der Waals surface area contributed by atoms with Crippen molar-refractivity contribution in [3.63, 3.8) is 0 Å². The predicted octanol–water partition coefficient (Wildman–Crippen LogP) is 10.7. The first-order chi connectivity index (χ1) is 35.4. The van der Waals surface area contributed by atoms with Gasteiger partial charge in [-0.3, -0.25) is 4.79 Å². The summed E-state index contributed by atoms with van der Waals surface area (Å²) in [5.41, 5.74) is 2.37. The molecule has 0 saturated heterocycles. The van der Waals surface area contributed by atoms with Crippen LogP contribution in [0.4, 0.5) is 0 Å². The number of methoxy groups -OCH3 is 3. The number of aliphatic hydroxyl groups excluding tert-OH is 2. The highest BCUT2D eigenvalue weighted by atomic mass is 35.5. The van der Waals surface area contributed by atoms with E-state index in [1.807, 2.05) is 60.7 Å². The van der Waals surface area contributed by atoms with Gasteiger partial charge in [-0.25, -0.2) is 17.4 Å². The smallest absolute Gasteiger partial charge is 0.335 e. The third kappa shape index (κ3) is 26.9. The fraction of sp³-hybridized carbons (Fsp3) is 0.269. The molecular weight excluding hydrogens is 1100 g/mol. The van der Waals surface area contributed by atoms with Crippen LogP contribution in [0.1, 0.15) is 44.1 Å². The molecule has 8 atom stereocenters. The number of carbonyl (C=O) groups is 2. The molecule has 0 aliphatic carbocycles. The summed E-state index contributed by atoms with van der Waals surface area (Å²) in [4.78, 5) is 23.1. The van der Waals surface area contributed by atoms with E-state index in [9.17, 15) is 32.4 Å². The number of aliphatic hydroxyl groups is 2. The maximum absolute atomic E-state index is 11.8. The molecule has 0 aliphatic heterocycles. The lowest BCUT2D eigenvalue weighted by Crippen LogP contribution is -2.21. The first-order valence-electron chi connectivity index (χ1n) is 21.8. The fourth-order valence-electron chi connectivity index (χ4n) is 5.80. The van der Waals surface area contributed by atoms with Gasteiger partial charge in [-0.15, -0.1) is 34.8 Å². The van der Waals surface area contributed by atoms with Gasteiger partial charge in [0.25, 0.3) is 0 Å². The Morgan fingerprint density at radius 2 is 0.892 bits per heavy atom. The Hall–Kier alpha value is -4.45. The lowest BCUT2D eigenvalue weighted by molar-refractivity contribution is 0.0582. The number of alkyl halides is 3. The van der Waals surface area contributed by atoms with Crippen LogP contribution in [-0.4, -0.2) is 117 Å². The van der Waals surface area contributed by atoms with Crippen LogP contribution < -0.4 is 0 Å². The van der Waals surface area contributed by atoms with Crippen molar-refractivity contribution in [2.24, 2.45) is 17.8 Å². The van der Waals surface area contributed by atoms with E-state index in [0.717, 1.165) is 5.56 Å². The van der Waals surface area contributed by atoms with Crippen LogP contribution in [0.3, 0.4) is 0 Å². The van der Waals surface area contributed by atoms with Gasteiger partial charge in [0, 0.05) is 61.4 Å². The summed E-state index contributed by atoms with van der Waals surface area (Å²) in [6, 6.07) is 45.0. The number of hydrogen-bond acceptors (Lipinski definition) is 11. The molecular formula is C52H60Cl4O15S3. The van der Waals surface area contributed by atoms with Crippen molar-refractivity contribution in [2.75, 3.05) is 58.8 Å². The van der Waals surface area contributed by atoms with Crippen molar-refractivity contribution >= 4 is 91.4 Å². The van der Waals surface area contributed by atoms with Gasteiger partial charge < -0.3 is 48.3 Å². The molecule has 0 radical (unpaired) electrons. The normalized spacial score (nSPS) is 13.6. The summed E-state index contributed by atoms with van der Waals surface area (Å²) in [5.74, 6) is -0.335. The summed E-state index contributed by atoms with van der Waals surface area (Å²) < 4.78 is 71.6. The number of aromatic carboxylic acids is 1. The number of carboxylic acid groups (broad SMARTS) is 1. The molecule has 7 N–H and O–H groups in total. The number of carboxylic acids is 1. The van der Waals surface area contributed by atoms with Crippen LogP contribution in [0.15, 0.2) is 178 Å². The number of benzene rings is 6. The number of aromatic hydroxyl groups is 1. The van der Waals surface area contributed by atoms with E-state index in [2.05, 4.69) is 0 Å². The standard InChI is InChI=1S/C11H14Cl2O2.C11H15ClO2.C11H13ClO2.C7H6O4S.C6H6O3S.C6H6O2S/c1-15-7-8(6-12)11(14)9-4-2-3-5-10(9)13;2*1-14-8-10(7-12)11(13)9-5-3-2-4-6-9;8-7(9)5-1-3-6(4-2-5)12(10)11;7-5-1-3-6(4-2-5)10(8)9;7-9(8)6-4-2-1-3-5-6/h2-5,8,11,14H,6-7H2,1H3;2-6,10-11,13H,7-8H2,1H3;2-6,10H,7-8H2,1H3;1-4H,(H,8,9)(H,10,11);1-4,7H,(H,8,9);1-5H,(H,7,8). The molecule has 0 bridgehead atoms. The molecule has 6 rings (SSSR count). The highest BCUT2D eigenvalue weighted by Crippen LogP contribution is 2.29. The third-order valence-electron chi connectivity index (χ3n) is 9.69. The quantitative estimate of drug-likeness (QED) is 0.0226. The molecule has 404 valence electrons. The van der Waals surface area contributed by atoms with Crippen LogP contribution in [0.2, 0.25) is 5.02 Å². The van der Waals surface area contributed by atoms with Crippen molar-refractivity contribution in [3.05, 3.63) is 191 Å². The lowest BCUT2D eigenvalue weighted by atomic mass is 9.98. The van der Waals surface area contributed by atoms with E-state index in [1.54, 1.807) is 75.9 Å². The van der Waals surface area contributed by atoms with Crippen molar-refractivity contribution in [2.45, 2.75) is 26.9 Å². The summed E-state index contributed by atoms with van der Waals surface area (Å²) in [7, 11) is 4.76. The van der Waals surface area contributed by atoms with Crippen LogP contribution in [0, 0.1) is 17.8 Å². The highest BCUT2D eigenvalue weighted by molar-refractivity contribution is 7.79. The Labute approximate surface area is 459 Å². The zero-order valence-electron chi connectivity index (χ0n) is 40.4. The number of hydrogen-bond donors (Lipinski definition) is 7. The monoisotopic (exact) mass is 1160 g/mol. The topological polar surface area (TPSA) is 255 Å². The zero-order valence-corrected chi connectivity index (χ0v) is 45.8. The Morgan fingerprint density at radius 3 is 1.28 bits per heavy atom. The zero-order chi connectivity index (χ0) is 55.4. The summed E-state index contributed by atoms with van der Waals surface area (Å²) in [6.07, 6.45) is -1.23. The van der Waals surface area contributed by atoms with Crippen molar-refractivity contribution in [3.8, 4) is 5.75 Å². The van der Waals surface area contributed by atoms with E-state index < -0.39 is 51.4 Å². The molecule has 0 saturated carbocycles. The average molecular weight is 1160 g/mol. The molecule has 0 aliphatic rings. The average Bonchev–Trinajstić information content (AvgIpc) is 3.42. The number of halogens is 4. The molecule has 22 heteroatoms. The van der Waals surface area contributed by atoms with Gasteiger partial charge in [-0.05, 0) is 77.9 Å². The Kier molecular flexibility index (Phi) is 36.4. The van der Waals surface area contributed by atoms with Crippen molar-refractivity contribution in [1.29, 1.82) is 0 Å². The number of phenolic OH excluding ortho intramolecular Hbond substituents is 1. The van der Waals surface area contributed by atoms with Gasteiger partial charge in [0.1, 0.15) is 5.75 Å². The number of ketones is 1. The van der Waals surface area contributed by atoms with Crippen LogP contribution in [0.5, 0.6) is 5.75 Å². The van der Waals surface area contributed by atoms with Crippen molar-refractivity contribution < 1.29 is 70.5 Å². The van der Waals surface area contributed by atoms with E-state index >= 15 is 0 Å². The molecule has 0 heterocycles. The van der Waals surface area contributed by atoms with E-state index in [1.165, 1.54) is 48.5 Å². The number of Topliss-reactive ketones (excluding diaryl/α,β-unsaturated/α-hetero) is 1. The van der Waals surface area contributed by atoms with Gasteiger partial charge in [0.15, 0.2) is 39.0 Å². The van der Waals surface area contributed by atoms with Crippen LogP contribution in [-0.2, 0) is 47.5 Å². The number of carbonyl (C=O) groups excluding carboxylic acids is 1. The minimum absolute atomic E-state index is 0.0439. The van der Waals surface area contributed by atoms with Gasteiger partial charge in [-0.1, -0.05) is 109 Å². The second-order valence-electron chi connectivity index (χ2n) is 15.0. The molecule has 15 nitrogen and oxygen atoms in total. The predicted molar refractivity (Wildman–Crippen MR) is 292 cm³/mol. The van der Waals surface area contributed by atoms with E-state index in [-0.39, 0.29) is 44.6 Å². The van der Waals surface area contributed by atoms with Crippen molar-refractivity contribution in [1.82, 2.24) is 0 Å². The van der Waals surface area contributed by atoms with Crippen LogP contribution >= 0.6 is 46.4 Å². The number of ether oxygens (including phenoxy) is 3. The first-order valence-corrected chi connectivity index (χ1v) is 27.1. The molecule has 6 aromatic carbocycles. The number of phenols is 1. The largest absolute Gasteiger partial charge is 0.508 e. The van der Waals surface area contributed by atoms with Gasteiger partial charge in [0.05, 0.1) is 58.2 Å². The highest BCUT2D eigenvalue weighted by Gasteiger charge is 2.22. The summed E-state index contributed by atoms with van der Waals surface area (Å²) in [5, 5.41) is 37.8. The Morgan fingerprint density at radius 1 is 0.500 bits per heavy atom. The fourth-order valence-corrected chi connectivity index (χ4v) is 7.92. The molecule has 74 heavy (non-hydrogen) atoms. The van der Waals surface area contributed by atoms with Gasteiger partial charge >= 0.3 is 5.97 Å². The Balaban J connectivity index is 0.000000447. The minimum Gasteiger partial charge on any atom is -0.508 e. The maximum atomic E-state index is 11.8. The second kappa shape index (κ2) is 39.9. The lowest BCUT2D eigenvalue weighted by Gasteiger charge is -2.21. The molecule has 0 aromatic heterocycles. The van der Waals surface area contributed by atoms with E-state index in [0.29, 0.717) is 58.5 Å². The van der Waals surface area contributed by atoms with Gasteiger partial charge in [-0.2, -0.15) is 0 Å². The number of rotatable bonds is 19. The SMILES string of the molecule is COCC(CCl)C(=O)c1ccccc1.COCC(CCl)C(O)c1ccccc1.COCC(CCl)C(O)c1ccccc1Cl.O=C(O)c1ccc(S(=O)O)cc1.O=S(O)c1ccc(O)cc1.O=S(O)c1ccccc1. The summed E-state index contributed by atoms with van der Waals surface area (Å²) >= 11 is 17.4. The molecule has 6 aromatic rings. The first kappa shape index (κ1) is 67.6. The summed E-state index contributed by atoms with van der Waals surface area (Å²) in [6.45, 7) is 1.26. The third-order valence-corrected chi connectivity index (χ3v) is 13.2. The molecule has 0 amide bonds. The molecule has 0 fully saturated rings. The Bertz CT molecular complexity index is 2490. The second-order valence-corrected chi connectivity index (χ2v) is 19.2. The van der Waals surface area contributed by atoms with E-state index in [4.69, 9.17) is 84.5 Å². The van der Waals surface area contributed by atoms with Gasteiger partial charge in [0.2, 0.25) is 0 Å². The maximum Gasteiger partial charge on any atom is 0.335 e. The molecule has 0 spiro atoms. The molecule has 8 unspecified atom stereocenters. The van der Waals surface area contributed by atoms with Crippen LogP contribution in [0.25, 0.3) is 0 Å².